The predicted octanol–water partition coefficient (Wildman–Crippen LogP) is 2.17. The number of carbonyl (C=O) groups excluding carboxylic acids is 1. The van der Waals surface area contributed by atoms with E-state index >= 15 is 0 Å². The first-order valence-electron chi connectivity index (χ1n) is 7.16. The summed E-state index contributed by atoms with van der Waals surface area (Å²) in [5, 5.41) is 6.40. The van der Waals surface area contributed by atoms with Crippen LogP contribution in [0.15, 0.2) is 18.3 Å². The van der Waals surface area contributed by atoms with Gasteiger partial charge in [-0.2, -0.15) is 0 Å². The number of aromatic nitrogens is 1. The second-order valence-corrected chi connectivity index (χ2v) is 6.50. The fourth-order valence-electron chi connectivity index (χ4n) is 2.31. The molecule has 1 amide bonds. The molecule has 1 fully saturated rings. The number of hydrogen-bond donors (Lipinski definition) is 2. The van der Waals surface area contributed by atoms with E-state index in [1.807, 2.05) is 40.1 Å². The smallest absolute Gasteiger partial charge is 0.407 e. The van der Waals surface area contributed by atoms with E-state index in [1.54, 1.807) is 0 Å². The maximum atomic E-state index is 11.6. The van der Waals surface area contributed by atoms with Crippen molar-refractivity contribution in [1.29, 1.82) is 0 Å². The number of hydrogen-bond acceptors (Lipinski definition) is 3. The Labute approximate surface area is 120 Å². The van der Waals surface area contributed by atoms with E-state index < -0.39 is 5.60 Å². The Bertz CT molecular complexity index is 456. The van der Waals surface area contributed by atoms with Crippen LogP contribution in [0.4, 0.5) is 4.79 Å². The number of nitrogens with one attached hydrogen (secondary N) is 2. The average Bonchev–Trinajstić information content (AvgIpc) is 2.64. The normalized spacial score (nSPS) is 22.2. The van der Waals surface area contributed by atoms with Crippen LogP contribution in [0, 0.1) is 0 Å². The quantitative estimate of drug-likeness (QED) is 0.888. The van der Waals surface area contributed by atoms with Crippen LogP contribution in [0.5, 0.6) is 0 Å². The molecule has 1 aromatic heterocycles. The molecule has 1 aromatic rings. The largest absolute Gasteiger partial charge is 0.444 e. The van der Waals surface area contributed by atoms with Crippen molar-refractivity contribution < 1.29 is 9.53 Å². The molecule has 1 saturated carbocycles. The minimum Gasteiger partial charge on any atom is -0.444 e. The van der Waals surface area contributed by atoms with Crippen LogP contribution in [0.25, 0.3) is 0 Å². The second kappa shape index (κ2) is 5.87. The third-order valence-electron chi connectivity index (χ3n) is 3.48. The molecule has 0 unspecified atom stereocenters. The van der Waals surface area contributed by atoms with Gasteiger partial charge in [-0.15, -0.1) is 0 Å². The fraction of sp³-hybridized carbons (Fsp3) is 0.667. The van der Waals surface area contributed by atoms with Crippen molar-refractivity contribution in [3.63, 3.8) is 0 Å². The van der Waals surface area contributed by atoms with Gasteiger partial charge in [-0.05, 0) is 45.7 Å². The Hall–Kier alpha value is -1.49. The lowest BCUT2D eigenvalue weighted by atomic mass is 9.87. The van der Waals surface area contributed by atoms with Gasteiger partial charge in [0.2, 0.25) is 0 Å². The van der Waals surface area contributed by atoms with Gasteiger partial charge in [0.1, 0.15) is 5.60 Å². The molecule has 20 heavy (non-hydrogen) atoms. The van der Waals surface area contributed by atoms with Crippen molar-refractivity contribution in [2.24, 2.45) is 7.05 Å². The summed E-state index contributed by atoms with van der Waals surface area (Å²) in [6, 6.07) is 4.87. The molecule has 0 aliphatic heterocycles. The number of rotatable bonds is 4. The van der Waals surface area contributed by atoms with E-state index in [0.717, 1.165) is 19.4 Å². The van der Waals surface area contributed by atoms with Crippen LogP contribution in [0.2, 0.25) is 0 Å². The number of alkyl carbamates (subject to hydrolysis) is 1. The molecular weight excluding hydrogens is 254 g/mol. The minimum absolute atomic E-state index is 0.232. The monoisotopic (exact) mass is 279 g/mol. The van der Waals surface area contributed by atoms with E-state index in [9.17, 15) is 4.79 Å². The van der Waals surface area contributed by atoms with Gasteiger partial charge in [0, 0.05) is 37.6 Å². The van der Waals surface area contributed by atoms with Crippen LogP contribution in [-0.2, 0) is 18.3 Å². The van der Waals surface area contributed by atoms with Crippen LogP contribution in [0.3, 0.4) is 0 Å². The first kappa shape index (κ1) is 14.9. The molecule has 2 rings (SSSR count). The summed E-state index contributed by atoms with van der Waals surface area (Å²) < 4.78 is 7.35. The molecule has 1 aliphatic carbocycles. The van der Waals surface area contributed by atoms with Gasteiger partial charge in [-0.3, -0.25) is 0 Å². The van der Waals surface area contributed by atoms with Crippen molar-refractivity contribution in [2.45, 2.75) is 57.8 Å². The molecule has 1 aliphatic rings. The molecule has 2 N–H and O–H groups in total. The van der Waals surface area contributed by atoms with Gasteiger partial charge in [0.05, 0.1) is 0 Å². The molecule has 0 spiro atoms. The van der Waals surface area contributed by atoms with E-state index in [-0.39, 0.29) is 12.1 Å². The van der Waals surface area contributed by atoms with Crippen LogP contribution in [-0.4, -0.2) is 28.3 Å². The molecule has 0 radical (unpaired) electrons. The molecule has 0 aromatic carbocycles. The molecule has 0 bridgehead atoms. The minimum atomic E-state index is -0.433. The van der Waals surface area contributed by atoms with Crippen LogP contribution >= 0.6 is 0 Å². The molecule has 112 valence electrons. The molecule has 0 atom stereocenters. The maximum Gasteiger partial charge on any atom is 0.407 e. The summed E-state index contributed by atoms with van der Waals surface area (Å²) in [4.78, 5) is 11.6. The van der Waals surface area contributed by atoms with Crippen LogP contribution < -0.4 is 10.6 Å². The first-order valence-corrected chi connectivity index (χ1v) is 7.16. The molecule has 0 saturated heterocycles. The van der Waals surface area contributed by atoms with E-state index in [2.05, 4.69) is 21.3 Å². The van der Waals surface area contributed by atoms with Gasteiger partial charge in [0.25, 0.3) is 0 Å². The Morgan fingerprint density at radius 1 is 1.40 bits per heavy atom. The van der Waals surface area contributed by atoms with Gasteiger partial charge in [-0.25, -0.2) is 4.79 Å². The predicted molar refractivity (Wildman–Crippen MR) is 78.4 cm³/mol. The van der Waals surface area contributed by atoms with Crippen LogP contribution in [0.1, 0.15) is 39.3 Å². The van der Waals surface area contributed by atoms with Crippen molar-refractivity contribution in [3.8, 4) is 0 Å². The highest BCUT2D eigenvalue weighted by molar-refractivity contribution is 5.68. The van der Waals surface area contributed by atoms with E-state index in [4.69, 9.17) is 4.74 Å². The lowest BCUT2D eigenvalue weighted by Crippen LogP contribution is -2.53. The molecule has 5 heteroatoms. The number of aryl methyl sites for hydroxylation is 1. The number of amides is 1. The Balaban J connectivity index is 1.63. The van der Waals surface area contributed by atoms with Crippen molar-refractivity contribution in [2.75, 3.05) is 0 Å². The first-order chi connectivity index (χ1) is 9.33. The standard InChI is InChI=1S/C15H25N3O2/c1-15(2,3)20-14(19)17-12-8-11(9-12)16-10-13-6-5-7-18(13)4/h5-7,11-12,16H,8-10H2,1-4H3,(H,17,19). The lowest BCUT2D eigenvalue weighted by molar-refractivity contribution is 0.0465. The highest BCUT2D eigenvalue weighted by Gasteiger charge is 2.31. The average molecular weight is 279 g/mol. The second-order valence-electron chi connectivity index (χ2n) is 6.50. The number of nitrogens with zero attached hydrogens (tertiary/aromatic N) is 1. The van der Waals surface area contributed by atoms with Crippen molar-refractivity contribution in [1.82, 2.24) is 15.2 Å². The summed E-state index contributed by atoms with van der Waals surface area (Å²) in [7, 11) is 2.05. The van der Waals surface area contributed by atoms with Gasteiger partial charge >= 0.3 is 6.09 Å². The Kier molecular flexibility index (Phi) is 4.38. The molecular formula is C15H25N3O2. The van der Waals surface area contributed by atoms with E-state index in [0.29, 0.717) is 6.04 Å². The maximum absolute atomic E-state index is 11.6. The summed E-state index contributed by atoms with van der Waals surface area (Å²) in [6.45, 7) is 6.49. The lowest BCUT2D eigenvalue weighted by Gasteiger charge is -2.36. The third-order valence-corrected chi connectivity index (χ3v) is 3.48. The van der Waals surface area contributed by atoms with Crippen molar-refractivity contribution in [3.05, 3.63) is 24.0 Å². The summed E-state index contributed by atoms with van der Waals surface area (Å²) >= 11 is 0. The summed E-state index contributed by atoms with van der Waals surface area (Å²) in [5.41, 5.74) is 0.839. The third kappa shape index (κ3) is 4.27. The number of carbonyl (C=O) groups is 1. The van der Waals surface area contributed by atoms with Crippen molar-refractivity contribution >= 4 is 6.09 Å². The SMILES string of the molecule is Cn1cccc1CNC1CC(NC(=O)OC(C)(C)C)C1. The summed E-state index contributed by atoms with van der Waals surface area (Å²) in [6.07, 6.45) is 3.65. The summed E-state index contributed by atoms with van der Waals surface area (Å²) in [5.74, 6) is 0. The Morgan fingerprint density at radius 3 is 2.65 bits per heavy atom. The highest BCUT2D eigenvalue weighted by atomic mass is 16.6. The number of ether oxygens (including phenoxy) is 1. The van der Waals surface area contributed by atoms with Gasteiger partial charge in [-0.1, -0.05) is 0 Å². The zero-order valence-electron chi connectivity index (χ0n) is 12.8. The van der Waals surface area contributed by atoms with Gasteiger partial charge < -0.3 is 19.9 Å². The molecule has 5 nitrogen and oxygen atoms in total. The van der Waals surface area contributed by atoms with E-state index in [1.165, 1.54) is 5.69 Å². The zero-order valence-corrected chi connectivity index (χ0v) is 12.8. The Morgan fingerprint density at radius 2 is 2.10 bits per heavy atom. The zero-order chi connectivity index (χ0) is 14.8. The van der Waals surface area contributed by atoms with Gasteiger partial charge in [0.15, 0.2) is 0 Å². The fourth-order valence-corrected chi connectivity index (χ4v) is 2.31. The topological polar surface area (TPSA) is 55.3 Å². The molecule has 1 heterocycles. The highest BCUT2D eigenvalue weighted by Crippen LogP contribution is 2.21.